The summed E-state index contributed by atoms with van der Waals surface area (Å²) in [7, 11) is 0. The predicted molar refractivity (Wildman–Crippen MR) is 57.1 cm³/mol. The fourth-order valence-electron chi connectivity index (χ4n) is 0.963. The smallest absolute Gasteiger partial charge is 0.213 e. The second-order valence-electron chi connectivity index (χ2n) is 3.74. The number of nitrogens with two attached hydrogens (primary N) is 1. The Hall–Kier alpha value is -1.09. The standard InChI is InChI=1S/C11H18N2O/c1-8(2)9(3)14-11-6-4-5-10(7-12)13-11/h4-6,8-9H,7,12H2,1-3H3. The molecule has 3 nitrogen and oxygen atoms in total. The minimum atomic E-state index is 0.176. The summed E-state index contributed by atoms with van der Waals surface area (Å²) in [4.78, 5) is 4.27. The van der Waals surface area contributed by atoms with Crippen LogP contribution in [0.3, 0.4) is 0 Å². The highest BCUT2D eigenvalue weighted by molar-refractivity contribution is 5.15. The molecule has 0 amide bonds. The number of ether oxygens (including phenoxy) is 1. The lowest BCUT2D eigenvalue weighted by Crippen LogP contribution is -2.19. The molecular formula is C11H18N2O. The molecule has 0 spiro atoms. The number of hydrogen-bond acceptors (Lipinski definition) is 3. The highest BCUT2D eigenvalue weighted by Gasteiger charge is 2.09. The Balaban J connectivity index is 2.66. The summed E-state index contributed by atoms with van der Waals surface area (Å²) in [5.41, 5.74) is 6.35. The first-order valence-electron chi connectivity index (χ1n) is 4.96. The van der Waals surface area contributed by atoms with E-state index in [2.05, 4.69) is 18.8 Å². The normalized spacial score (nSPS) is 12.9. The van der Waals surface area contributed by atoms with E-state index < -0.39 is 0 Å². The lowest BCUT2D eigenvalue weighted by molar-refractivity contribution is 0.163. The van der Waals surface area contributed by atoms with Gasteiger partial charge in [0.25, 0.3) is 0 Å². The number of aromatic nitrogens is 1. The number of hydrogen-bond donors (Lipinski definition) is 1. The van der Waals surface area contributed by atoms with Crippen molar-refractivity contribution in [2.75, 3.05) is 0 Å². The van der Waals surface area contributed by atoms with Crippen molar-refractivity contribution < 1.29 is 4.74 Å². The van der Waals surface area contributed by atoms with Crippen molar-refractivity contribution in [3.63, 3.8) is 0 Å². The topological polar surface area (TPSA) is 48.1 Å². The minimum absolute atomic E-state index is 0.176. The summed E-state index contributed by atoms with van der Waals surface area (Å²) in [5, 5.41) is 0. The summed E-state index contributed by atoms with van der Waals surface area (Å²) in [5.74, 6) is 1.15. The Morgan fingerprint density at radius 3 is 2.64 bits per heavy atom. The SMILES string of the molecule is CC(C)C(C)Oc1cccc(CN)n1. The second kappa shape index (κ2) is 4.96. The van der Waals surface area contributed by atoms with Gasteiger partial charge >= 0.3 is 0 Å². The molecule has 0 saturated carbocycles. The molecule has 1 heterocycles. The molecule has 0 radical (unpaired) electrons. The largest absolute Gasteiger partial charge is 0.474 e. The molecule has 0 aliphatic rings. The Bertz CT molecular complexity index is 286. The van der Waals surface area contributed by atoms with Gasteiger partial charge in [-0.3, -0.25) is 0 Å². The molecule has 3 heteroatoms. The predicted octanol–water partition coefficient (Wildman–Crippen LogP) is 1.96. The van der Waals surface area contributed by atoms with Crippen LogP contribution < -0.4 is 10.5 Å². The van der Waals surface area contributed by atoms with Crippen LogP contribution in [0.15, 0.2) is 18.2 Å². The summed E-state index contributed by atoms with van der Waals surface area (Å²) in [6, 6.07) is 5.67. The van der Waals surface area contributed by atoms with E-state index in [-0.39, 0.29) is 6.10 Å². The van der Waals surface area contributed by atoms with E-state index in [9.17, 15) is 0 Å². The van der Waals surface area contributed by atoms with Crippen LogP contribution >= 0.6 is 0 Å². The monoisotopic (exact) mass is 194 g/mol. The van der Waals surface area contributed by atoms with Gasteiger partial charge in [0.1, 0.15) is 0 Å². The number of pyridine rings is 1. The van der Waals surface area contributed by atoms with Gasteiger partial charge < -0.3 is 10.5 Å². The maximum absolute atomic E-state index is 5.65. The van der Waals surface area contributed by atoms with Crippen molar-refractivity contribution in [1.29, 1.82) is 0 Å². The van der Waals surface area contributed by atoms with E-state index in [1.54, 1.807) is 0 Å². The molecule has 0 fully saturated rings. The van der Waals surface area contributed by atoms with Crippen LogP contribution in [0.4, 0.5) is 0 Å². The highest BCUT2D eigenvalue weighted by Crippen LogP contribution is 2.13. The average molecular weight is 194 g/mol. The maximum atomic E-state index is 5.65. The Morgan fingerprint density at radius 1 is 1.36 bits per heavy atom. The van der Waals surface area contributed by atoms with E-state index in [4.69, 9.17) is 10.5 Å². The van der Waals surface area contributed by atoms with Gasteiger partial charge in [0.2, 0.25) is 5.88 Å². The number of rotatable bonds is 4. The van der Waals surface area contributed by atoms with E-state index in [0.29, 0.717) is 18.3 Å². The fraction of sp³-hybridized carbons (Fsp3) is 0.545. The molecule has 1 unspecified atom stereocenters. The molecule has 14 heavy (non-hydrogen) atoms. The van der Waals surface area contributed by atoms with Gasteiger partial charge in [0.05, 0.1) is 11.8 Å². The zero-order valence-electron chi connectivity index (χ0n) is 9.03. The lowest BCUT2D eigenvalue weighted by atomic mass is 10.1. The zero-order chi connectivity index (χ0) is 10.6. The van der Waals surface area contributed by atoms with E-state index in [1.165, 1.54) is 0 Å². The van der Waals surface area contributed by atoms with E-state index in [0.717, 1.165) is 5.69 Å². The van der Waals surface area contributed by atoms with Gasteiger partial charge in [-0.05, 0) is 18.9 Å². The maximum Gasteiger partial charge on any atom is 0.213 e. The Kier molecular flexibility index (Phi) is 3.89. The highest BCUT2D eigenvalue weighted by atomic mass is 16.5. The molecule has 0 saturated heterocycles. The van der Waals surface area contributed by atoms with E-state index in [1.807, 2.05) is 25.1 Å². The molecule has 1 aromatic rings. The van der Waals surface area contributed by atoms with Crippen LogP contribution in [-0.4, -0.2) is 11.1 Å². The minimum Gasteiger partial charge on any atom is -0.474 e. The second-order valence-corrected chi connectivity index (χ2v) is 3.74. The summed E-state index contributed by atoms with van der Waals surface area (Å²) in [6.45, 7) is 6.74. The van der Waals surface area contributed by atoms with Crippen LogP contribution in [-0.2, 0) is 6.54 Å². The molecule has 0 bridgehead atoms. The lowest BCUT2D eigenvalue weighted by Gasteiger charge is -2.17. The van der Waals surface area contributed by atoms with Crippen LogP contribution in [0.25, 0.3) is 0 Å². The molecule has 0 aromatic carbocycles. The third-order valence-electron chi connectivity index (χ3n) is 2.24. The van der Waals surface area contributed by atoms with Crippen LogP contribution in [0.1, 0.15) is 26.5 Å². The molecule has 0 aliphatic heterocycles. The number of nitrogens with zero attached hydrogens (tertiary/aromatic N) is 1. The van der Waals surface area contributed by atoms with Crippen molar-refractivity contribution in [2.45, 2.75) is 33.4 Å². The Morgan fingerprint density at radius 2 is 2.07 bits per heavy atom. The third-order valence-corrected chi connectivity index (χ3v) is 2.24. The van der Waals surface area contributed by atoms with Crippen LogP contribution in [0.2, 0.25) is 0 Å². The molecular weight excluding hydrogens is 176 g/mol. The molecule has 78 valence electrons. The van der Waals surface area contributed by atoms with Gasteiger partial charge in [0.15, 0.2) is 0 Å². The summed E-state index contributed by atoms with van der Waals surface area (Å²) < 4.78 is 5.65. The third kappa shape index (κ3) is 3.00. The van der Waals surface area contributed by atoms with Crippen molar-refractivity contribution in [1.82, 2.24) is 4.98 Å². The molecule has 2 N–H and O–H groups in total. The van der Waals surface area contributed by atoms with Gasteiger partial charge in [-0.15, -0.1) is 0 Å². The first-order chi connectivity index (χ1) is 6.63. The van der Waals surface area contributed by atoms with Crippen LogP contribution in [0, 0.1) is 5.92 Å². The van der Waals surface area contributed by atoms with Gasteiger partial charge in [-0.1, -0.05) is 19.9 Å². The van der Waals surface area contributed by atoms with E-state index >= 15 is 0 Å². The van der Waals surface area contributed by atoms with Crippen LogP contribution in [0.5, 0.6) is 5.88 Å². The zero-order valence-corrected chi connectivity index (χ0v) is 9.03. The Labute approximate surface area is 85.3 Å². The van der Waals surface area contributed by atoms with Gasteiger partial charge in [-0.25, -0.2) is 4.98 Å². The summed E-state index contributed by atoms with van der Waals surface area (Å²) >= 11 is 0. The summed E-state index contributed by atoms with van der Waals surface area (Å²) in [6.07, 6.45) is 0.176. The molecule has 1 aromatic heterocycles. The van der Waals surface area contributed by atoms with Crippen molar-refractivity contribution in [3.8, 4) is 5.88 Å². The van der Waals surface area contributed by atoms with Crippen molar-refractivity contribution in [2.24, 2.45) is 11.7 Å². The quantitative estimate of drug-likeness (QED) is 0.797. The average Bonchev–Trinajstić information content (AvgIpc) is 2.18. The molecule has 0 aliphatic carbocycles. The fourth-order valence-corrected chi connectivity index (χ4v) is 0.963. The van der Waals surface area contributed by atoms with Crippen molar-refractivity contribution in [3.05, 3.63) is 23.9 Å². The van der Waals surface area contributed by atoms with Crippen molar-refractivity contribution >= 4 is 0 Å². The van der Waals surface area contributed by atoms with Gasteiger partial charge in [-0.2, -0.15) is 0 Å². The molecule has 1 rings (SSSR count). The first-order valence-corrected chi connectivity index (χ1v) is 4.96. The first kappa shape index (κ1) is 11.0. The van der Waals surface area contributed by atoms with Gasteiger partial charge in [0, 0.05) is 12.6 Å². The molecule has 1 atom stereocenters.